The lowest BCUT2D eigenvalue weighted by Crippen LogP contribution is -2.59. The monoisotopic (exact) mass is 801 g/mol. The van der Waals surface area contributed by atoms with Crippen molar-refractivity contribution in [3.63, 3.8) is 0 Å². The number of hydrogen-bond donors (Lipinski definition) is 4. The second-order valence-corrected chi connectivity index (χ2v) is 16.6. The molecule has 0 radical (unpaired) electrons. The molecule has 0 amide bonds. The largest absolute Gasteiger partial charge is 0.462 e. The van der Waals surface area contributed by atoms with Crippen LogP contribution in [0.15, 0.2) is 0 Å². The van der Waals surface area contributed by atoms with E-state index in [4.69, 9.17) is 18.9 Å². The minimum atomic E-state index is -1.59. The maximum atomic E-state index is 12.7. The number of aliphatic hydroxyl groups excluding tert-OH is 4. The maximum Gasteiger partial charge on any atom is 0.306 e. The lowest BCUT2D eigenvalue weighted by atomic mass is 9.99. The number of carbonyl (C=O) groups excluding carboxylic acids is 2. The molecule has 10 heteroatoms. The molecule has 0 saturated carbocycles. The van der Waals surface area contributed by atoms with Gasteiger partial charge in [-0.3, -0.25) is 9.59 Å². The first kappa shape index (κ1) is 52.7. The first-order chi connectivity index (χ1) is 27.3. The summed E-state index contributed by atoms with van der Waals surface area (Å²) in [6.07, 6.45) is 31.1. The average Bonchev–Trinajstić information content (AvgIpc) is 3.19. The fraction of sp³-hybridized carbons (Fsp3) is 0.957. The van der Waals surface area contributed by atoms with Crippen molar-refractivity contribution in [1.82, 2.24) is 0 Å². The Hall–Kier alpha value is -1.30. The summed E-state index contributed by atoms with van der Waals surface area (Å²) in [4.78, 5) is 25.3. The molecule has 0 bridgehead atoms. The lowest BCUT2D eigenvalue weighted by molar-refractivity contribution is -0.305. The molecule has 1 heterocycles. The van der Waals surface area contributed by atoms with E-state index in [9.17, 15) is 30.0 Å². The Labute approximate surface area is 342 Å². The molecule has 0 aromatic carbocycles. The Bertz CT molecular complexity index is 886. The molecule has 1 aliphatic rings. The fourth-order valence-corrected chi connectivity index (χ4v) is 7.48. The van der Waals surface area contributed by atoms with E-state index in [1.807, 2.05) is 0 Å². The molecular formula is C46H88O10. The molecule has 4 N–H and O–H groups in total. The van der Waals surface area contributed by atoms with Crippen LogP contribution in [0.25, 0.3) is 0 Å². The van der Waals surface area contributed by atoms with Gasteiger partial charge in [-0.1, -0.05) is 200 Å². The summed E-state index contributed by atoms with van der Waals surface area (Å²) < 4.78 is 22.2. The van der Waals surface area contributed by atoms with Crippen LogP contribution in [-0.4, -0.2) is 89.0 Å². The number of hydrogen-bond acceptors (Lipinski definition) is 10. The minimum absolute atomic E-state index is 0.209. The van der Waals surface area contributed by atoms with Crippen LogP contribution in [0.2, 0.25) is 0 Å². The van der Waals surface area contributed by atoms with Crippen LogP contribution >= 0.6 is 0 Å². The van der Waals surface area contributed by atoms with Crippen molar-refractivity contribution >= 4 is 11.9 Å². The Morgan fingerprint density at radius 1 is 0.482 bits per heavy atom. The van der Waals surface area contributed by atoms with Crippen molar-refractivity contribution in [2.24, 2.45) is 0 Å². The molecule has 0 aromatic rings. The summed E-state index contributed by atoms with van der Waals surface area (Å²) in [5.41, 5.74) is 0. The normalized spacial score (nSPS) is 20.3. The second kappa shape index (κ2) is 37.9. The molecule has 332 valence electrons. The minimum Gasteiger partial charge on any atom is -0.462 e. The molecule has 1 rings (SSSR count). The summed E-state index contributed by atoms with van der Waals surface area (Å²) in [5.74, 6) is -0.791. The number of rotatable bonds is 40. The second-order valence-electron chi connectivity index (χ2n) is 16.6. The zero-order valence-corrected chi connectivity index (χ0v) is 36.2. The predicted octanol–water partition coefficient (Wildman–Crippen LogP) is 10.2. The van der Waals surface area contributed by atoms with Gasteiger partial charge in [-0.05, 0) is 12.8 Å². The molecule has 56 heavy (non-hydrogen) atoms. The zero-order valence-electron chi connectivity index (χ0n) is 36.2. The summed E-state index contributed by atoms with van der Waals surface area (Å²) in [6, 6.07) is 0. The van der Waals surface area contributed by atoms with Gasteiger partial charge in [0.25, 0.3) is 0 Å². The Kier molecular flexibility index (Phi) is 35.7. The molecule has 0 aromatic heterocycles. The van der Waals surface area contributed by atoms with E-state index in [0.29, 0.717) is 6.42 Å². The number of aliphatic hydroxyl groups is 4. The summed E-state index contributed by atoms with van der Waals surface area (Å²) >= 11 is 0. The summed E-state index contributed by atoms with van der Waals surface area (Å²) in [7, 11) is 0. The highest BCUT2D eigenvalue weighted by atomic mass is 16.7. The van der Waals surface area contributed by atoms with Crippen LogP contribution in [0.3, 0.4) is 0 Å². The molecule has 2 unspecified atom stereocenters. The van der Waals surface area contributed by atoms with Gasteiger partial charge in [0.15, 0.2) is 12.4 Å². The predicted molar refractivity (Wildman–Crippen MR) is 224 cm³/mol. The van der Waals surface area contributed by atoms with Gasteiger partial charge in [0.05, 0.1) is 13.2 Å². The zero-order chi connectivity index (χ0) is 40.9. The van der Waals surface area contributed by atoms with Crippen molar-refractivity contribution in [1.29, 1.82) is 0 Å². The lowest BCUT2D eigenvalue weighted by Gasteiger charge is -2.39. The van der Waals surface area contributed by atoms with E-state index < -0.39 is 49.4 Å². The van der Waals surface area contributed by atoms with Gasteiger partial charge >= 0.3 is 11.9 Å². The highest BCUT2D eigenvalue weighted by Gasteiger charge is 2.44. The molecule has 1 aliphatic heterocycles. The van der Waals surface area contributed by atoms with Crippen molar-refractivity contribution in [2.45, 2.75) is 263 Å². The van der Waals surface area contributed by atoms with Gasteiger partial charge in [-0.15, -0.1) is 0 Å². The van der Waals surface area contributed by atoms with Crippen LogP contribution < -0.4 is 0 Å². The Morgan fingerprint density at radius 3 is 1.21 bits per heavy atom. The Balaban J connectivity index is 2.26. The van der Waals surface area contributed by atoms with Crippen molar-refractivity contribution in [2.75, 3.05) is 19.8 Å². The van der Waals surface area contributed by atoms with E-state index in [2.05, 4.69) is 13.8 Å². The van der Waals surface area contributed by atoms with Gasteiger partial charge in [0.1, 0.15) is 31.0 Å². The molecule has 0 aliphatic carbocycles. The number of carbonyl (C=O) groups is 2. The smallest absolute Gasteiger partial charge is 0.306 e. The van der Waals surface area contributed by atoms with E-state index >= 15 is 0 Å². The highest BCUT2D eigenvalue weighted by Crippen LogP contribution is 2.23. The number of unbranched alkanes of at least 4 members (excludes halogenated alkanes) is 29. The van der Waals surface area contributed by atoms with E-state index in [0.717, 1.165) is 38.5 Å². The standard InChI is InChI=1S/C46H88O10/c1-3-5-7-9-11-13-15-17-18-19-20-21-22-23-25-26-28-30-32-34-41(48)53-37-39(38-54-46-45(52)44(51)43(50)40(36-47)56-46)55-42(49)35-33-31-29-27-24-16-14-12-10-8-6-4-2/h39-40,43-47,50-52H,3-38H2,1-2H3/t39-,40-,43+,44?,45?,46-/m0/s1. The summed E-state index contributed by atoms with van der Waals surface area (Å²) in [6.45, 7) is 3.45. The van der Waals surface area contributed by atoms with Gasteiger partial charge < -0.3 is 39.4 Å². The third-order valence-corrected chi connectivity index (χ3v) is 11.2. The first-order valence-corrected chi connectivity index (χ1v) is 23.6. The quantitative estimate of drug-likeness (QED) is 0.0348. The molecule has 6 atom stereocenters. The van der Waals surface area contributed by atoms with Crippen molar-refractivity contribution in [3.05, 3.63) is 0 Å². The third kappa shape index (κ3) is 29.0. The van der Waals surface area contributed by atoms with Crippen molar-refractivity contribution in [3.8, 4) is 0 Å². The molecule has 1 fully saturated rings. The molecule has 10 nitrogen and oxygen atoms in total. The SMILES string of the molecule is CCCCCCCCCCCCCCCCCCCCCC(=O)OC[C@@H](CO[C@H]1O[C@@H](CO)[C@@H](O)C(O)C1O)OC(=O)CCCCCCCCCCCCCC. The average molecular weight is 801 g/mol. The van der Waals surface area contributed by atoms with Crippen LogP contribution in [-0.2, 0) is 28.5 Å². The third-order valence-electron chi connectivity index (χ3n) is 11.2. The fourth-order valence-electron chi connectivity index (χ4n) is 7.48. The topological polar surface area (TPSA) is 152 Å². The van der Waals surface area contributed by atoms with E-state index in [-0.39, 0.29) is 32.0 Å². The highest BCUT2D eigenvalue weighted by molar-refractivity contribution is 5.70. The van der Waals surface area contributed by atoms with Gasteiger partial charge in [0, 0.05) is 12.8 Å². The number of ether oxygens (including phenoxy) is 4. The summed E-state index contributed by atoms with van der Waals surface area (Å²) in [5, 5.41) is 40.1. The van der Waals surface area contributed by atoms with Crippen LogP contribution in [0.4, 0.5) is 0 Å². The maximum absolute atomic E-state index is 12.7. The molecule has 0 spiro atoms. The van der Waals surface area contributed by atoms with Crippen LogP contribution in [0.1, 0.15) is 226 Å². The van der Waals surface area contributed by atoms with Gasteiger partial charge in [-0.2, -0.15) is 0 Å². The Morgan fingerprint density at radius 2 is 0.839 bits per heavy atom. The number of esters is 2. The van der Waals surface area contributed by atoms with E-state index in [1.54, 1.807) is 0 Å². The van der Waals surface area contributed by atoms with Crippen LogP contribution in [0, 0.1) is 0 Å². The van der Waals surface area contributed by atoms with Crippen LogP contribution in [0.5, 0.6) is 0 Å². The van der Waals surface area contributed by atoms with Gasteiger partial charge in [-0.25, -0.2) is 0 Å². The van der Waals surface area contributed by atoms with Crippen molar-refractivity contribution < 1.29 is 49.0 Å². The molecular weight excluding hydrogens is 712 g/mol. The van der Waals surface area contributed by atoms with E-state index in [1.165, 1.54) is 154 Å². The van der Waals surface area contributed by atoms with Gasteiger partial charge in [0.2, 0.25) is 0 Å². The first-order valence-electron chi connectivity index (χ1n) is 23.6. The molecule has 1 saturated heterocycles.